The van der Waals surface area contributed by atoms with Gasteiger partial charge in [-0.15, -0.1) is 0 Å². The summed E-state index contributed by atoms with van der Waals surface area (Å²) in [6.07, 6.45) is -0.460. The van der Waals surface area contributed by atoms with Crippen molar-refractivity contribution in [2.75, 3.05) is 33.4 Å². The first kappa shape index (κ1) is 36.1. The lowest BCUT2D eigenvalue weighted by Crippen LogP contribution is -2.64. The lowest BCUT2D eigenvalue weighted by Gasteiger charge is -2.37. The van der Waals surface area contributed by atoms with E-state index in [0.29, 0.717) is 34.7 Å². The Labute approximate surface area is 284 Å². The van der Waals surface area contributed by atoms with Gasteiger partial charge in [-0.3, -0.25) is 14.4 Å². The Kier molecular flexibility index (Phi) is 11.1. The van der Waals surface area contributed by atoms with Gasteiger partial charge in [-0.05, 0) is 92.3 Å². The highest BCUT2D eigenvalue weighted by Crippen LogP contribution is 2.24. The van der Waals surface area contributed by atoms with E-state index in [1.165, 1.54) is 18.2 Å². The van der Waals surface area contributed by atoms with E-state index in [0.717, 1.165) is 25.0 Å². The monoisotopic (exact) mass is 698 g/mol. The van der Waals surface area contributed by atoms with Gasteiger partial charge in [0.15, 0.2) is 0 Å². The second kappa shape index (κ2) is 15.1. The third-order valence-corrected chi connectivity index (χ3v) is 10.6. The molecule has 3 aromatic rings. The Bertz CT molecular complexity index is 1820. The van der Waals surface area contributed by atoms with Crippen molar-refractivity contribution in [2.45, 2.75) is 62.2 Å². The van der Waals surface area contributed by atoms with Crippen LogP contribution in [0.2, 0.25) is 0 Å². The predicted molar refractivity (Wildman–Crippen MR) is 176 cm³/mol. The van der Waals surface area contributed by atoms with Crippen molar-refractivity contribution < 1.29 is 41.4 Å². The van der Waals surface area contributed by atoms with E-state index in [1.807, 2.05) is 0 Å². The van der Waals surface area contributed by atoms with E-state index in [9.17, 15) is 36.7 Å². The molecule has 11 nitrogen and oxygen atoms in total. The summed E-state index contributed by atoms with van der Waals surface area (Å²) in [4.78, 5) is 42.6. The van der Waals surface area contributed by atoms with Gasteiger partial charge in [0.05, 0.1) is 29.7 Å². The molecule has 262 valence electrons. The van der Waals surface area contributed by atoms with E-state index in [1.54, 1.807) is 50.1 Å². The maximum atomic E-state index is 14.2. The smallest absolute Gasteiger partial charge is 0.266 e. The molecular formula is C35H40F2N4O7S. The summed E-state index contributed by atoms with van der Waals surface area (Å²) in [7, 11) is -2.73. The van der Waals surface area contributed by atoms with E-state index in [4.69, 9.17) is 4.74 Å². The normalized spacial score (nSPS) is 19.5. The fraction of sp³-hybridized carbons (Fsp3) is 0.400. The standard InChI is InChI=1S/C35H40F2N4O7S/c1-21-6-4-8-29(14-21)49(46,47)41-11-9-38-31(35(41)45)32(42)30(17-23-15-26(36)19-27(37)16-23)39-33(43)24-12-22(2)13-25(18-24)34(44)40-10-5-7-28(40)20-48-3/h4,6,8,12-16,18-19,28,30-32,38,42H,5,7,9-11,17,20H2,1-3H3,(H,39,43)/t28-,30+,31+,32+/m1/s1. The van der Waals surface area contributed by atoms with Crippen molar-refractivity contribution in [3.05, 3.63) is 100 Å². The largest absolute Gasteiger partial charge is 0.389 e. The van der Waals surface area contributed by atoms with Crippen LogP contribution in [0.15, 0.2) is 65.6 Å². The Balaban J connectivity index is 1.43. The van der Waals surface area contributed by atoms with Gasteiger partial charge >= 0.3 is 0 Å². The van der Waals surface area contributed by atoms with Crippen molar-refractivity contribution in [3.8, 4) is 0 Å². The Hall–Kier alpha value is -4.24. The van der Waals surface area contributed by atoms with Crippen molar-refractivity contribution >= 4 is 27.7 Å². The number of carbonyl (C=O) groups excluding carboxylic acids is 3. The van der Waals surface area contributed by atoms with Crippen LogP contribution < -0.4 is 10.6 Å². The molecule has 14 heteroatoms. The molecule has 0 aliphatic carbocycles. The maximum absolute atomic E-state index is 14.2. The van der Waals surface area contributed by atoms with Crippen LogP contribution in [0.4, 0.5) is 8.78 Å². The van der Waals surface area contributed by atoms with E-state index in [-0.39, 0.29) is 53.0 Å². The van der Waals surface area contributed by atoms with E-state index in [2.05, 4.69) is 10.6 Å². The Morgan fingerprint density at radius 2 is 1.73 bits per heavy atom. The lowest BCUT2D eigenvalue weighted by molar-refractivity contribution is -0.134. The minimum Gasteiger partial charge on any atom is -0.389 e. The number of ether oxygens (including phenoxy) is 1. The van der Waals surface area contributed by atoms with Crippen molar-refractivity contribution in [2.24, 2.45) is 0 Å². The van der Waals surface area contributed by atoms with Crippen molar-refractivity contribution in [3.63, 3.8) is 0 Å². The second-order valence-electron chi connectivity index (χ2n) is 12.6. The third kappa shape index (κ3) is 8.15. The molecule has 4 atom stereocenters. The van der Waals surface area contributed by atoms with Crippen LogP contribution in [0.1, 0.15) is 50.2 Å². The molecule has 0 aromatic heterocycles. The van der Waals surface area contributed by atoms with Crippen LogP contribution in [0.5, 0.6) is 0 Å². The summed E-state index contributed by atoms with van der Waals surface area (Å²) >= 11 is 0. The van der Waals surface area contributed by atoms with Gasteiger partial charge in [0.1, 0.15) is 17.7 Å². The van der Waals surface area contributed by atoms with Crippen LogP contribution in [0, 0.1) is 25.5 Å². The Morgan fingerprint density at radius 3 is 2.43 bits per heavy atom. The molecule has 0 radical (unpaired) electrons. The van der Waals surface area contributed by atoms with Crippen LogP contribution in [0.3, 0.4) is 0 Å². The first-order valence-electron chi connectivity index (χ1n) is 16.0. The van der Waals surface area contributed by atoms with E-state index < -0.39 is 51.7 Å². The van der Waals surface area contributed by atoms with Crippen LogP contribution in [0.25, 0.3) is 0 Å². The van der Waals surface area contributed by atoms with Crippen LogP contribution in [-0.2, 0) is 26.0 Å². The molecule has 3 amide bonds. The SMILES string of the molecule is COC[C@H]1CCCN1C(=O)c1cc(C)cc(C(=O)N[C@@H](Cc2cc(F)cc(F)c2)[C@H](O)[C@@H]2NCCN(S(=O)(=O)c3cccc(C)c3)C2=O)c1. The fourth-order valence-corrected chi connectivity index (χ4v) is 8.00. The van der Waals surface area contributed by atoms with Crippen LogP contribution >= 0.6 is 0 Å². The molecule has 0 unspecified atom stereocenters. The molecule has 0 saturated carbocycles. The number of hydrogen-bond donors (Lipinski definition) is 3. The molecule has 49 heavy (non-hydrogen) atoms. The predicted octanol–water partition coefficient (Wildman–Crippen LogP) is 2.72. The number of carbonyl (C=O) groups is 3. The van der Waals surface area contributed by atoms with Gasteiger partial charge in [0, 0.05) is 43.9 Å². The number of nitrogens with zero attached hydrogens (tertiary/aromatic N) is 2. The van der Waals surface area contributed by atoms with Gasteiger partial charge in [-0.2, -0.15) is 0 Å². The molecule has 2 aliphatic heterocycles. The van der Waals surface area contributed by atoms with Gasteiger partial charge in [0.25, 0.3) is 27.7 Å². The fourth-order valence-electron chi connectivity index (χ4n) is 6.48. The highest BCUT2D eigenvalue weighted by atomic mass is 32.2. The first-order valence-corrected chi connectivity index (χ1v) is 17.4. The molecule has 3 aromatic carbocycles. The summed E-state index contributed by atoms with van der Waals surface area (Å²) in [5.74, 6) is -3.71. The van der Waals surface area contributed by atoms with Crippen LogP contribution in [-0.4, -0.2) is 98.0 Å². The molecule has 5 rings (SSSR count). The molecule has 2 heterocycles. The second-order valence-corrected chi connectivity index (χ2v) is 14.4. The number of aryl methyl sites for hydroxylation is 2. The highest BCUT2D eigenvalue weighted by molar-refractivity contribution is 7.89. The lowest BCUT2D eigenvalue weighted by atomic mass is 9.94. The van der Waals surface area contributed by atoms with E-state index >= 15 is 0 Å². The molecular weight excluding hydrogens is 658 g/mol. The molecule has 2 saturated heterocycles. The zero-order valence-corrected chi connectivity index (χ0v) is 28.3. The number of aliphatic hydroxyl groups is 1. The molecule has 2 fully saturated rings. The molecule has 0 bridgehead atoms. The maximum Gasteiger partial charge on any atom is 0.266 e. The number of rotatable bonds is 11. The Morgan fingerprint density at radius 1 is 1.02 bits per heavy atom. The number of sulfonamides is 1. The van der Waals surface area contributed by atoms with Crippen molar-refractivity contribution in [1.82, 2.24) is 19.8 Å². The molecule has 2 aliphatic rings. The zero-order valence-electron chi connectivity index (χ0n) is 27.5. The number of halogens is 2. The zero-order chi connectivity index (χ0) is 35.5. The average molecular weight is 699 g/mol. The third-order valence-electron chi connectivity index (χ3n) is 8.80. The minimum atomic E-state index is -4.29. The summed E-state index contributed by atoms with van der Waals surface area (Å²) < 4.78 is 61.3. The minimum absolute atomic E-state index is 0.00229. The molecule has 3 N–H and O–H groups in total. The number of methoxy groups -OCH3 is 1. The quantitative estimate of drug-likeness (QED) is 0.277. The van der Waals surface area contributed by atoms with Gasteiger partial charge in [-0.1, -0.05) is 12.1 Å². The summed E-state index contributed by atoms with van der Waals surface area (Å²) in [5, 5.41) is 17.2. The number of aliphatic hydroxyl groups excluding tert-OH is 1. The summed E-state index contributed by atoms with van der Waals surface area (Å²) in [6, 6.07) is 10.5. The number of benzene rings is 3. The van der Waals surface area contributed by atoms with Gasteiger partial charge < -0.3 is 25.4 Å². The number of hydrogen-bond acceptors (Lipinski definition) is 8. The number of piperazine rings is 1. The average Bonchev–Trinajstić information content (AvgIpc) is 3.51. The van der Waals surface area contributed by atoms with Gasteiger partial charge in [-0.25, -0.2) is 21.5 Å². The number of amides is 3. The molecule has 0 spiro atoms. The van der Waals surface area contributed by atoms with Gasteiger partial charge in [0.2, 0.25) is 0 Å². The summed E-state index contributed by atoms with van der Waals surface area (Å²) in [5.41, 5.74) is 1.72. The highest BCUT2D eigenvalue weighted by Gasteiger charge is 2.43. The van der Waals surface area contributed by atoms with Crippen molar-refractivity contribution in [1.29, 1.82) is 0 Å². The number of likely N-dealkylation sites (tertiary alicyclic amines) is 1. The topological polar surface area (TPSA) is 145 Å². The summed E-state index contributed by atoms with van der Waals surface area (Å²) in [6.45, 7) is 4.15. The number of nitrogens with one attached hydrogen (secondary N) is 2. The first-order chi connectivity index (χ1) is 23.3.